The first-order valence-corrected chi connectivity index (χ1v) is 8.24. The van der Waals surface area contributed by atoms with Crippen LogP contribution in [0.2, 0.25) is 0 Å². The number of aromatic nitrogens is 1. The molecule has 2 aromatic rings. The third-order valence-corrected chi connectivity index (χ3v) is 3.56. The molecule has 0 fully saturated rings. The Morgan fingerprint density at radius 3 is 2.72 bits per heavy atom. The fourth-order valence-corrected chi connectivity index (χ4v) is 2.30. The van der Waals surface area contributed by atoms with Crippen molar-refractivity contribution in [2.24, 2.45) is 5.92 Å². The molecule has 0 saturated carbocycles. The van der Waals surface area contributed by atoms with Crippen LogP contribution >= 0.6 is 0 Å². The molecule has 1 heterocycles. The average molecular weight is 345 g/mol. The fourth-order valence-electron chi connectivity index (χ4n) is 2.30. The Balaban J connectivity index is 1.70. The summed E-state index contributed by atoms with van der Waals surface area (Å²) in [7, 11) is 0. The van der Waals surface area contributed by atoms with Gasteiger partial charge in [0.1, 0.15) is 0 Å². The molecule has 1 aromatic carbocycles. The number of nitrogens with one attached hydrogen (secondary N) is 3. The fraction of sp³-hybridized carbons (Fsp3) is 0.389. The van der Waals surface area contributed by atoms with Gasteiger partial charge in [-0.05, 0) is 24.0 Å². The minimum absolute atomic E-state index is 0.161. The summed E-state index contributed by atoms with van der Waals surface area (Å²) in [5.41, 5.74) is 2.03. The molecule has 7 nitrogen and oxygen atoms in total. The van der Waals surface area contributed by atoms with Gasteiger partial charge >= 0.3 is 12.0 Å². The third kappa shape index (κ3) is 5.95. The number of amides is 3. The number of urea groups is 1. The Kier molecular flexibility index (Phi) is 6.56. The van der Waals surface area contributed by atoms with Crippen molar-refractivity contribution in [2.75, 3.05) is 13.2 Å². The van der Waals surface area contributed by atoms with E-state index in [2.05, 4.69) is 15.6 Å². The van der Waals surface area contributed by atoms with Crippen LogP contribution in [0.25, 0.3) is 10.9 Å². The summed E-state index contributed by atoms with van der Waals surface area (Å²) >= 11 is 0. The van der Waals surface area contributed by atoms with E-state index >= 15 is 0 Å². The highest BCUT2D eigenvalue weighted by Gasteiger charge is 2.12. The number of para-hydroxylation sites is 1. The molecule has 0 saturated heterocycles. The van der Waals surface area contributed by atoms with Crippen molar-refractivity contribution in [2.45, 2.75) is 26.7 Å². The summed E-state index contributed by atoms with van der Waals surface area (Å²) in [5, 5.41) is 5.72. The molecule has 25 heavy (non-hydrogen) atoms. The van der Waals surface area contributed by atoms with Crippen molar-refractivity contribution < 1.29 is 19.1 Å². The zero-order valence-corrected chi connectivity index (χ0v) is 14.4. The molecule has 3 amide bonds. The predicted molar refractivity (Wildman–Crippen MR) is 94.0 cm³/mol. The van der Waals surface area contributed by atoms with Crippen LogP contribution in [-0.4, -0.2) is 36.0 Å². The average Bonchev–Trinajstić information content (AvgIpc) is 2.99. The molecule has 3 N–H and O–H groups in total. The Labute approximate surface area is 146 Å². The van der Waals surface area contributed by atoms with Gasteiger partial charge in [-0.2, -0.15) is 0 Å². The number of carbonyl (C=O) groups is 3. The number of hydrogen-bond donors (Lipinski definition) is 3. The topological polar surface area (TPSA) is 100 Å². The van der Waals surface area contributed by atoms with E-state index in [9.17, 15) is 14.4 Å². The highest BCUT2D eigenvalue weighted by molar-refractivity contribution is 5.95. The molecule has 0 spiro atoms. The van der Waals surface area contributed by atoms with Gasteiger partial charge < -0.3 is 15.0 Å². The lowest BCUT2D eigenvalue weighted by Gasteiger charge is -2.09. The number of benzene rings is 1. The normalized spacial score (nSPS) is 10.7. The molecule has 0 aliphatic heterocycles. The number of carbonyl (C=O) groups excluding carboxylic acids is 3. The number of hydrogen-bond acceptors (Lipinski definition) is 4. The first-order chi connectivity index (χ1) is 12.0. The van der Waals surface area contributed by atoms with Gasteiger partial charge in [0.05, 0.1) is 0 Å². The molecule has 0 unspecified atom stereocenters. The van der Waals surface area contributed by atoms with Crippen LogP contribution in [0.3, 0.4) is 0 Å². The Hall–Kier alpha value is -2.83. The van der Waals surface area contributed by atoms with Gasteiger partial charge in [-0.25, -0.2) is 4.79 Å². The number of esters is 1. The monoisotopic (exact) mass is 345 g/mol. The summed E-state index contributed by atoms with van der Waals surface area (Å²) in [6.45, 7) is 3.88. The largest absolute Gasteiger partial charge is 0.456 e. The maximum absolute atomic E-state index is 11.8. The van der Waals surface area contributed by atoms with E-state index in [1.807, 2.05) is 44.3 Å². The van der Waals surface area contributed by atoms with Crippen LogP contribution in [0, 0.1) is 5.92 Å². The van der Waals surface area contributed by atoms with Crippen LogP contribution in [0.5, 0.6) is 0 Å². The lowest BCUT2D eigenvalue weighted by atomic mass is 10.1. The first-order valence-electron chi connectivity index (χ1n) is 8.24. The number of fused-ring (bicyclic) bond motifs is 1. The van der Waals surface area contributed by atoms with E-state index in [1.54, 1.807) is 0 Å². The summed E-state index contributed by atoms with van der Waals surface area (Å²) < 4.78 is 4.90. The molecule has 0 aliphatic carbocycles. The second-order valence-electron chi connectivity index (χ2n) is 6.17. The zero-order chi connectivity index (χ0) is 18.2. The van der Waals surface area contributed by atoms with Crippen LogP contribution in [-0.2, 0) is 20.7 Å². The quantitative estimate of drug-likeness (QED) is 0.669. The summed E-state index contributed by atoms with van der Waals surface area (Å²) in [5.74, 6) is -0.854. The maximum Gasteiger partial charge on any atom is 0.321 e. The Morgan fingerprint density at radius 2 is 1.96 bits per heavy atom. The van der Waals surface area contributed by atoms with E-state index in [1.165, 1.54) is 0 Å². The van der Waals surface area contributed by atoms with Crippen LogP contribution in [0.4, 0.5) is 4.79 Å². The van der Waals surface area contributed by atoms with Crippen molar-refractivity contribution in [3.63, 3.8) is 0 Å². The van der Waals surface area contributed by atoms with E-state index in [0.717, 1.165) is 16.5 Å². The number of H-pyrrole nitrogens is 1. The third-order valence-electron chi connectivity index (χ3n) is 3.56. The molecule has 134 valence electrons. The van der Waals surface area contributed by atoms with Crippen LogP contribution < -0.4 is 10.6 Å². The van der Waals surface area contributed by atoms with Gasteiger partial charge in [0, 0.05) is 30.1 Å². The summed E-state index contributed by atoms with van der Waals surface area (Å²) in [6, 6.07) is 7.23. The van der Waals surface area contributed by atoms with Crippen LogP contribution in [0.1, 0.15) is 25.8 Å². The minimum Gasteiger partial charge on any atom is -0.456 e. The van der Waals surface area contributed by atoms with Crippen molar-refractivity contribution >= 4 is 28.8 Å². The highest BCUT2D eigenvalue weighted by atomic mass is 16.5. The standard InChI is InChI=1S/C18H23N3O4/c1-12(2)9-20-18(24)21-16(22)11-25-17(23)8-7-13-10-19-15-6-4-3-5-14(13)15/h3-6,10,12,19H,7-9,11H2,1-2H3,(H2,20,21,22,24). The molecule has 1 aromatic heterocycles. The van der Waals surface area contributed by atoms with Gasteiger partial charge in [-0.1, -0.05) is 32.0 Å². The maximum atomic E-state index is 11.8. The molecule has 0 aliphatic rings. The number of aryl methyl sites for hydroxylation is 1. The van der Waals surface area contributed by atoms with Gasteiger partial charge in [-0.15, -0.1) is 0 Å². The molecule has 0 atom stereocenters. The van der Waals surface area contributed by atoms with Gasteiger partial charge in [0.2, 0.25) is 0 Å². The second kappa shape index (κ2) is 8.86. The number of imide groups is 1. The second-order valence-corrected chi connectivity index (χ2v) is 6.17. The van der Waals surface area contributed by atoms with E-state index in [4.69, 9.17) is 4.74 Å². The molecule has 0 bridgehead atoms. The zero-order valence-electron chi connectivity index (χ0n) is 14.4. The first kappa shape index (κ1) is 18.5. The predicted octanol–water partition coefficient (Wildman–Crippen LogP) is 2.13. The highest BCUT2D eigenvalue weighted by Crippen LogP contribution is 2.18. The van der Waals surface area contributed by atoms with Crippen molar-refractivity contribution in [3.05, 3.63) is 36.0 Å². The Bertz CT molecular complexity index is 752. The molecule has 7 heteroatoms. The number of aromatic amines is 1. The summed E-state index contributed by atoms with van der Waals surface area (Å²) in [4.78, 5) is 37.9. The van der Waals surface area contributed by atoms with E-state index in [-0.39, 0.29) is 12.3 Å². The van der Waals surface area contributed by atoms with Crippen molar-refractivity contribution in [3.8, 4) is 0 Å². The Morgan fingerprint density at radius 1 is 1.20 bits per heavy atom. The molecular weight excluding hydrogens is 322 g/mol. The smallest absolute Gasteiger partial charge is 0.321 e. The van der Waals surface area contributed by atoms with Gasteiger partial charge in [-0.3, -0.25) is 14.9 Å². The van der Waals surface area contributed by atoms with Gasteiger partial charge in [0.25, 0.3) is 5.91 Å². The van der Waals surface area contributed by atoms with Crippen molar-refractivity contribution in [1.82, 2.24) is 15.6 Å². The lowest BCUT2D eigenvalue weighted by molar-refractivity contribution is -0.148. The van der Waals surface area contributed by atoms with Crippen molar-refractivity contribution in [1.29, 1.82) is 0 Å². The van der Waals surface area contributed by atoms with E-state index in [0.29, 0.717) is 13.0 Å². The van der Waals surface area contributed by atoms with E-state index < -0.39 is 24.5 Å². The summed E-state index contributed by atoms with van der Waals surface area (Å²) in [6.07, 6.45) is 2.54. The van der Waals surface area contributed by atoms with Crippen LogP contribution in [0.15, 0.2) is 30.5 Å². The van der Waals surface area contributed by atoms with Gasteiger partial charge in [0.15, 0.2) is 6.61 Å². The number of rotatable bonds is 7. The number of ether oxygens (including phenoxy) is 1. The lowest BCUT2D eigenvalue weighted by Crippen LogP contribution is -2.42. The SMILES string of the molecule is CC(C)CNC(=O)NC(=O)COC(=O)CCc1c[nH]c2ccccc12. The molecule has 0 radical (unpaired) electrons. The molecule has 2 rings (SSSR count). The minimum atomic E-state index is -0.651. The molecular formula is C18H23N3O4.